The third kappa shape index (κ3) is 64.5. The van der Waals surface area contributed by atoms with Crippen LogP contribution in [0.2, 0.25) is 0 Å². The Hall–Kier alpha value is -15.9. The summed E-state index contributed by atoms with van der Waals surface area (Å²) >= 11 is 1.06. The van der Waals surface area contributed by atoms with E-state index in [0.29, 0.717) is 0 Å². The molecule has 315 valence electrons. The molecule has 77 heavy (non-hydrogen) atoms. The molecular formula is C75H3OV-. The molecule has 0 amide bonds. The van der Waals surface area contributed by atoms with Gasteiger partial charge in [-0.2, -0.15) is 0 Å². The third-order valence-corrected chi connectivity index (χ3v) is 4.56. The number of hydrogen-bond acceptors (Lipinski definition) is 1. The zero-order chi connectivity index (χ0) is 55.6. The van der Waals surface area contributed by atoms with E-state index in [1.54, 1.807) is 6.92 Å². The number of rotatable bonds is 0. The zero-order valence-corrected chi connectivity index (χ0v) is 40.3. The summed E-state index contributed by atoms with van der Waals surface area (Å²) < 4.78 is 8.19. The van der Waals surface area contributed by atoms with Crippen molar-refractivity contribution in [2.75, 3.05) is 0 Å². The normalized spacial score (nSPS) is 3.88. The van der Waals surface area contributed by atoms with E-state index in [1.165, 1.54) is 0 Å². The second kappa shape index (κ2) is 64.4. The Morgan fingerprint density at radius 2 is 0.208 bits per heavy atom. The van der Waals surface area contributed by atoms with E-state index in [-0.39, 0.29) is 0 Å². The average Bonchev–Trinajstić information content (AvgIpc) is 3.45. The van der Waals surface area contributed by atoms with E-state index >= 15 is 0 Å². The maximum absolute atomic E-state index is 8.19. The monoisotopic (exact) mass is 970 g/mol. The van der Waals surface area contributed by atoms with Crippen molar-refractivity contribution < 1.29 is 21.0 Å². The van der Waals surface area contributed by atoms with Crippen molar-refractivity contribution in [3.63, 3.8) is 0 Å². The molecule has 0 rings (SSSR count). The maximum atomic E-state index is 8.19. The molecule has 0 bridgehead atoms. The summed E-state index contributed by atoms with van der Waals surface area (Å²) in [5.74, 6) is 181. The van der Waals surface area contributed by atoms with Crippen LogP contribution in [0.15, 0.2) is 0 Å². The molecule has 0 saturated carbocycles. The first-order valence-electron chi connectivity index (χ1n) is 18.9. The first-order chi connectivity index (χ1) is 38.4. The van der Waals surface area contributed by atoms with Crippen LogP contribution in [0, 0.1) is 439 Å². The van der Waals surface area contributed by atoms with Crippen LogP contribution in [-0.4, -0.2) is 0 Å². The fourth-order valence-electron chi connectivity index (χ4n) is 2.25. The molecule has 0 aliphatic rings. The zero-order valence-electron chi connectivity index (χ0n) is 38.9. The van der Waals surface area contributed by atoms with Gasteiger partial charge < -0.3 is 6.42 Å². The van der Waals surface area contributed by atoms with Crippen LogP contribution in [0.1, 0.15) is 6.92 Å². The SMILES string of the molecule is [C-]#CC#CC#CC#CC#CC#CC#CC#CC#CC#CC#CC#CC#CC#CC#CC#CC#CC#CC#CC#CC#CC#CC#CC#CC#CC#CC#CC#CC#CC#CC#CC#CC#CC#CC#CC#CC#CC.[O]=[V]. The molecule has 0 aromatic heterocycles. The van der Waals surface area contributed by atoms with Gasteiger partial charge in [0.25, 0.3) is 0 Å². The predicted molar refractivity (Wildman–Crippen MR) is 293 cm³/mol. The Kier molecular flexibility index (Phi) is 52.8. The van der Waals surface area contributed by atoms with Gasteiger partial charge in [0.05, 0.1) is 0 Å². The van der Waals surface area contributed by atoms with Crippen LogP contribution in [0.5, 0.6) is 0 Å². The molecule has 1 nitrogen and oxygen atoms in total. The number of hydrogen-bond donors (Lipinski definition) is 0. The Morgan fingerprint density at radius 3 is 0.273 bits per heavy atom. The van der Waals surface area contributed by atoms with Crippen molar-refractivity contribution >= 4 is 0 Å². The Labute approximate surface area is 463 Å². The molecule has 0 saturated heterocycles. The summed E-state index contributed by atoms with van der Waals surface area (Å²) in [6, 6.07) is 0. The fraction of sp³-hybridized carbons (Fsp3) is 0.0133. The quantitative estimate of drug-likeness (QED) is 0.257. The molecule has 0 heterocycles. The summed E-state index contributed by atoms with van der Waals surface area (Å²) in [4.78, 5) is 0. The molecule has 0 N–H and O–H groups in total. The minimum absolute atomic E-state index is 1.06. The van der Waals surface area contributed by atoms with Gasteiger partial charge in [-0.15, -0.1) is 5.92 Å². The predicted octanol–water partition coefficient (Wildman–Crippen LogP) is 0.597. The van der Waals surface area contributed by atoms with Gasteiger partial charge >= 0.3 is 21.0 Å². The molecular weight excluding hydrogens is 968 g/mol. The van der Waals surface area contributed by atoms with E-state index in [1.807, 2.05) is 5.92 Å². The molecule has 0 aromatic carbocycles. The van der Waals surface area contributed by atoms with Crippen molar-refractivity contribution in [1.29, 1.82) is 0 Å². The summed E-state index contributed by atoms with van der Waals surface area (Å²) in [5, 5.41) is 0. The van der Waals surface area contributed by atoms with Crippen molar-refractivity contribution in [3.05, 3.63) is 6.42 Å². The van der Waals surface area contributed by atoms with Crippen LogP contribution in [0.25, 0.3) is 0 Å². The Morgan fingerprint density at radius 1 is 0.143 bits per heavy atom. The van der Waals surface area contributed by atoms with Crippen LogP contribution in [0.4, 0.5) is 0 Å². The summed E-state index contributed by atoms with van der Waals surface area (Å²) in [6.45, 7) is 1.68. The molecule has 0 aliphatic heterocycles. The van der Waals surface area contributed by atoms with E-state index < -0.39 is 0 Å². The Balaban J connectivity index is 0. The van der Waals surface area contributed by atoms with Crippen molar-refractivity contribution in [2.24, 2.45) is 0 Å². The summed E-state index contributed by atoms with van der Waals surface area (Å²) in [6.07, 6.45) is 6.58. The van der Waals surface area contributed by atoms with Gasteiger partial charge in [-0.25, -0.2) is 5.92 Å². The molecule has 2 heteroatoms. The summed E-state index contributed by atoms with van der Waals surface area (Å²) in [5.41, 5.74) is 0. The topological polar surface area (TPSA) is 17.1 Å². The van der Waals surface area contributed by atoms with Gasteiger partial charge in [-0.05, 0) is 102 Å². The van der Waals surface area contributed by atoms with Crippen molar-refractivity contribution in [3.8, 4) is 432 Å². The molecule has 0 fully saturated rings. The third-order valence-electron chi connectivity index (χ3n) is 4.56. The fourth-order valence-corrected chi connectivity index (χ4v) is 2.25. The minimum atomic E-state index is 1.06. The first kappa shape index (κ1) is 63.2. The molecule has 0 aromatic rings. The van der Waals surface area contributed by atoms with Gasteiger partial charge in [0, 0.05) is 314 Å². The molecule has 0 radical (unpaired) electrons. The van der Waals surface area contributed by atoms with E-state index in [4.69, 9.17) is 10.1 Å². The van der Waals surface area contributed by atoms with E-state index in [0.717, 1.165) is 17.4 Å². The molecule has 0 unspecified atom stereocenters. The van der Waals surface area contributed by atoms with Gasteiger partial charge in [-0.1, -0.05) is 5.92 Å². The van der Waals surface area contributed by atoms with Crippen molar-refractivity contribution in [2.45, 2.75) is 6.92 Å². The van der Waals surface area contributed by atoms with Gasteiger partial charge in [0.15, 0.2) is 0 Å². The summed E-state index contributed by atoms with van der Waals surface area (Å²) in [7, 11) is 0. The van der Waals surface area contributed by atoms with E-state index in [9.17, 15) is 0 Å². The van der Waals surface area contributed by atoms with Gasteiger partial charge in [-0.3, -0.25) is 5.92 Å². The average molecular weight is 971 g/mol. The van der Waals surface area contributed by atoms with Gasteiger partial charge in [0.1, 0.15) is 0 Å². The molecule has 0 spiro atoms. The van der Waals surface area contributed by atoms with E-state index in [2.05, 4.69) is 426 Å². The van der Waals surface area contributed by atoms with Crippen LogP contribution < -0.4 is 0 Å². The van der Waals surface area contributed by atoms with Crippen LogP contribution in [-0.2, 0) is 21.0 Å². The first-order valence-corrected chi connectivity index (χ1v) is 19.5. The standard InChI is InChI=1S/C75H3.O.V/c1-3-5-7-9-11-13-15-17-19-21-23-25-27-29-31-33-35-37-39-41-43-45-47-49-51-53-55-57-59-61-63-65-67-69-71-73-75-74-72-70-68-66-64-62-60-58-56-54-52-50-48-46-44-42-40-38-36-34-32-30-28-26-24-22-20-18-16-14-12-10-8-6-4-2;;/h1H3;;/q-1;;. The molecule has 0 aliphatic carbocycles. The second-order valence-corrected chi connectivity index (χ2v) is 9.25. The second-order valence-electron chi connectivity index (χ2n) is 9.25. The Bertz CT molecular complexity index is 5030. The van der Waals surface area contributed by atoms with Gasteiger partial charge in [0.2, 0.25) is 0 Å². The van der Waals surface area contributed by atoms with Crippen LogP contribution in [0.3, 0.4) is 0 Å². The molecule has 0 atom stereocenters. The van der Waals surface area contributed by atoms with Crippen molar-refractivity contribution in [1.82, 2.24) is 0 Å². The van der Waals surface area contributed by atoms with Crippen LogP contribution >= 0.6 is 0 Å².